The molecule has 150 valence electrons. The number of rotatable bonds is 7. The van der Waals surface area contributed by atoms with Crippen LogP contribution < -0.4 is 9.62 Å². The van der Waals surface area contributed by atoms with Gasteiger partial charge in [-0.25, -0.2) is 8.42 Å². The number of nitrogens with zero attached hydrogens (tertiary/aromatic N) is 2. The van der Waals surface area contributed by atoms with Gasteiger partial charge in [0.05, 0.1) is 12.2 Å². The Morgan fingerprint density at radius 1 is 1.03 bits per heavy atom. The SMILES string of the molecule is CC(C)NC(=O)c1cccc(N(Cc2ccccc2)S(=O)(=O)c2cccnc2)c1. The number of benzene rings is 2. The van der Waals surface area contributed by atoms with E-state index in [1.807, 2.05) is 44.2 Å². The summed E-state index contributed by atoms with van der Waals surface area (Å²) >= 11 is 0. The Labute approximate surface area is 171 Å². The van der Waals surface area contributed by atoms with Gasteiger partial charge in [-0.05, 0) is 49.7 Å². The second-order valence-electron chi connectivity index (χ2n) is 6.86. The van der Waals surface area contributed by atoms with E-state index in [1.165, 1.54) is 22.8 Å². The van der Waals surface area contributed by atoms with Gasteiger partial charge in [-0.2, -0.15) is 0 Å². The fraction of sp³-hybridized carbons (Fsp3) is 0.182. The van der Waals surface area contributed by atoms with Crippen LogP contribution in [0.3, 0.4) is 0 Å². The third kappa shape index (κ3) is 5.00. The lowest BCUT2D eigenvalue weighted by atomic mass is 10.1. The highest BCUT2D eigenvalue weighted by atomic mass is 32.2. The Balaban J connectivity index is 2.05. The minimum atomic E-state index is -3.88. The molecule has 2 aromatic carbocycles. The molecule has 0 unspecified atom stereocenters. The largest absolute Gasteiger partial charge is 0.350 e. The molecule has 0 fully saturated rings. The molecule has 0 atom stereocenters. The standard InChI is InChI=1S/C22H23N3O3S/c1-17(2)24-22(26)19-10-6-11-20(14-19)25(16-18-8-4-3-5-9-18)29(27,28)21-12-7-13-23-15-21/h3-15,17H,16H2,1-2H3,(H,24,26). The second-order valence-corrected chi connectivity index (χ2v) is 8.73. The first kappa shape index (κ1) is 20.5. The van der Waals surface area contributed by atoms with Crippen molar-refractivity contribution in [3.63, 3.8) is 0 Å². The van der Waals surface area contributed by atoms with Crippen molar-refractivity contribution >= 4 is 21.6 Å². The molecule has 0 radical (unpaired) electrons. The summed E-state index contributed by atoms with van der Waals surface area (Å²) in [6.45, 7) is 3.87. The zero-order valence-corrected chi connectivity index (χ0v) is 17.1. The molecular weight excluding hydrogens is 386 g/mol. The summed E-state index contributed by atoms with van der Waals surface area (Å²) in [7, 11) is -3.88. The first-order valence-electron chi connectivity index (χ1n) is 9.25. The van der Waals surface area contributed by atoms with Crippen molar-refractivity contribution in [1.82, 2.24) is 10.3 Å². The van der Waals surface area contributed by atoms with Crippen molar-refractivity contribution in [2.24, 2.45) is 0 Å². The number of aromatic nitrogens is 1. The van der Waals surface area contributed by atoms with E-state index in [0.29, 0.717) is 11.3 Å². The van der Waals surface area contributed by atoms with Crippen LogP contribution in [-0.2, 0) is 16.6 Å². The van der Waals surface area contributed by atoms with Gasteiger partial charge in [0, 0.05) is 24.0 Å². The average Bonchev–Trinajstić information content (AvgIpc) is 2.73. The van der Waals surface area contributed by atoms with Crippen LogP contribution in [0, 0.1) is 0 Å². The maximum Gasteiger partial charge on any atom is 0.266 e. The van der Waals surface area contributed by atoms with Gasteiger partial charge in [-0.1, -0.05) is 36.4 Å². The van der Waals surface area contributed by atoms with Crippen LogP contribution in [0.15, 0.2) is 84.0 Å². The summed E-state index contributed by atoms with van der Waals surface area (Å²) < 4.78 is 28.1. The van der Waals surface area contributed by atoms with E-state index in [1.54, 1.807) is 30.3 Å². The summed E-state index contributed by atoms with van der Waals surface area (Å²) in [5.41, 5.74) is 1.64. The van der Waals surface area contributed by atoms with E-state index in [4.69, 9.17) is 0 Å². The Hall–Kier alpha value is -3.19. The van der Waals surface area contributed by atoms with Crippen molar-refractivity contribution in [2.75, 3.05) is 4.31 Å². The summed E-state index contributed by atoms with van der Waals surface area (Å²) in [6.07, 6.45) is 2.85. The van der Waals surface area contributed by atoms with Crippen molar-refractivity contribution in [1.29, 1.82) is 0 Å². The molecule has 0 saturated heterocycles. The third-order valence-corrected chi connectivity index (χ3v) is 5.96. The molecular formula is C22H23N3O3S. The number of sulfonamides is 1. The summed E-state index contributed by atoms with van der Waals surface area (Å²) in [4.78, 5) is 16.5. The van der Waals surface area contributed by atoms with Gasteiger partial charge >= 0.3 is 0 Å². The first-order valence-corrected chi connectivity index (χ1v) is 10.7. The highest BCUT2D eigenvalue weighted by Crippen LogP contribution is 2.26. The molecule has 1 amide bonds. The van der Waals surface area contributed by atoms with Gasteiger partial charge in [0.15, 0.2) is 0 Å². The molecule has 1 heterocycles. The van der Waals surface area contributed by atoms with Gasteiger partial charge in [-0.3, -0.25) is 14.1 Å². The van der Waals surface area contributed by atoms with Crippen molar-refractivity contribution in [3.05, 3.63) is 90.3 Å². The number of pyridine rings is 1. The van der Waals surface area contributed by atoms with Crippen LogP contribution in [0.2, 0.25) is 0 Å². The smallest absolute Gasteiger partial charge is 0.266 e. The molecule has 3 aromatic rings. The molecule has 0 bridgehead atoms. The Kier molecular flexibility index (Phi) is 6.29. The molecule has 1 aromatic heterocycles. The number of nitrogens with one attached hydrogen (secondary N) is 1. The zero-order valence-electron chi connectivity index (χ0n) is 16.3. The predicted octanol–water partition coefficient (Wildman–Crippen LogP) is 3.62. The van der Waals surface area contributed by atoms with E-state index in [0.717, 1.165) is 5.56 Å². The van der Waals surface area contributed by atoms with Gasteiger partial charge in [0.2, 0.25) is 0 Å². The monoisotopic (exact) mass is 409 g/mol. The fourth-order valence-electron chi connectivity index (χ4n) is 2.84. The van der Waals surface area contributed by atoms with Crippen molar-refractivity contribution in [2.45, 2.75) is 31.3 Å². The predicted molar refractivity (Wildman–Crippen MR) is 113 cm³/mol. The van der Waals surface area contributed by atoms with Gasteiger partial charge in [-0.15, -0.1) is 0 Å². The summed E-state index contributed by atoms with van der Waals surface area (Å²) in [5, 5.41) is 2.83. The molecule has 29 heavy (non-hydrogen) atoms. The number of hydrogen-bond donors (Lipinski definition) is 1. The lowest BCUT2D eigenvalue weighted by Gasteiger charge is -2.25. The molecule has 7 heteroatoms. The minimum Gasteiger partial charge on any atom is -0.350 e. The molecule has 0 aliphatic carbocycles. The van der Waals surface area contributed by atoms with E-state index in [2.05, 4.69) is 10.3 Å². The molecule has 1 N–H and O–H groups in total. The number of carbonyl (C=O) groups is 1. The molecule has 0 aliphatic rings. The molecule has 0 spiro atoms. The fourth-order valence-corrected chi connectivity index (χ4v) is 4.25. The molecule has 3 rings (SSSR count). The van der Waals surface area contributed by atoms with Crippen molar-refractivity contribution in [3.8, 4) is 0 Å². The van der Waals surface area contributed by atoms with E-state index < -0.39 is 10.0 Å². The van der Waals surface area contributed by atoms with E-state index in [9.17, 15) is 13.2 Å². The topological polar surface area (TPSA) is 79.4 Å². The Bertz CT molecular complexity index is 1070. The maximum absolute atomic E-state index is 13.4. The highest BCUT2D eigenvalue weighted by Gasteiger charge is 2.26. The first-order chi connectivity index (χ1) is 13.9. The van der Waals surface area contributed by atoms with E-state index in [-0.39, 0.29) is 23.4 Å². The lowest BCUT2D eigenvalue weighted by Crippen LogP contribution is -2.32. The lowest BCUT2D eigenvalue weighted by molar-refractivity contribution is 0.0943. The van der Waals surface area contributed by atoms with Crippen LogP contribution in [-0.4, -0.2) is 25.4 Å². The minimum absolute atomic E-state index is 0.0225. The normalized spacial score (nSPS) is 11.3. The Morgan fingerprint density at radius 3 is 2.45 bits per heavy atom. The van der Waals surface area contributed by atoms with Crippen LogP contribution in [0.25, 0.3) is 0 Å². The van der Waals surface area contributed by atoms with Crippen LogP contribution >= 0.6 is 0 Å². The third-order valence-electron chi connectivity index (χ3n) is 4.21. The number of hydrogen-bond acceptors (Lipinski definition) is 4. The van der Waals surface area contributed by atoms with E-state index >= 15 is 0 Å². The number of carbonyl (C=O) groups excluding carboxylic acids is 1. The van der Waals surface area contributed by atoms with Gasteiger partial charge < -0.3 is 5.32 Å². The van der Waals surface area contributed by atoms with Crippen LogP contribution in [0.4, 0.5) is 5.69 Å². The summed E-state index contributed by atoms with van der Waals surface area (Å²) in [6, 6.07) is 19.0. The van der Waals surface area contributed by atoms with Crippen LogP contribution in [0.1, 0.15) is 29.8 Å². The zero-order chi connectivity index (χ0) is 20.9. The molecule has 0 saturated carbocycles. The Morgan fingerprint density at radius 2 is 1.79 bits per heavy atom. The highest BCUT2D eigenvalue weighted by molar-refractivity contribution is 7.92. The second kappa shape index (κ2) is 8.87. The van der Waals surface area contributed by atoms with Gasteiger partial charge in [0.25, 0.3) is 15.9 Å². The summed E-state index contributed by atoms with van der Waals surface area (Å²) in [5.74, 6) is -0.250. The number of anilines is 1. The van der Waals surface area contributed by atoms with Crippen LogP contribution in [0.5, 0.6) is 0 Å². The van der Waals surface area contributed by atoms with Gasteiger partial charge in [0.1, 0.15) is 4.90 Å². The maximum atomic E-state index is 13.4. The molecule has 6 nitrogen and oxygen atoms in total. The quantitative estimate of drug-likeness (QED) is 0.646. The molecule has 0 aliphatic heterocycles. The average molecular weight is 410 g/mol. The number of amides is 1. The van der Waals surface area contributed by atoms with Crippen molar-refractivity contribution < 1.29 is 13.2 Å².